The van der Waals surface area contributed by atoms with Crippen molar-refractivity contribution < 1.29 is 0 Å². The summed E-state index contributed by atoms with van der Waals surface area (Å²) in [7, 11) is 0. The fourth-order valence-corrected chi connectivity index (χ4v) is 1.80. The molecule has 0 aliphatic carbocycles. The van der Waals surface area contributed by atoms with Gasteiger partial charge < -0.3 is 0 Å². The monoisotopic (exact) mass is 222 g/mol. The first-order valence-corrected chi connectivity index (χ1v) is 7.07. The highest BCUT2D eigenvalue weighted by atomic mass is 14.0. The van der Waals surface area contributed by atoms with E-state index in [1.807, 2.05) is 0 Å². The van der Waals surface area contributed by atoms with E-state index in [0.717, 1.165) is 0 Å². The molecule has 0 heteroatoms. The normalized spacial score (nSPS) is 11.8. The fourth-order valence-electron chi connectivity index (χ4n) is 1.80. The van der Waals surface area contributed by atoms with E-state index in [1.54, 1.807) is 0 Å². The second-order valence-electron chi connectivity index (χ2n) is 4.80. The van der Waals surface area contributed by atoms with Crippen molar-refractivity contribution in [2.75, 3.05) is 0 Å². The zero-order valence-electron chi connectivity index (χ0n) is 11.6. The molecule has 0 atom stereocenters. The second kappa shape index (κ2) is 11.0. The summed E-state index contributed by atoms with van der Waals surface area (Å²) in [5.74, 6) is 0. The van der Waals surface area contributed by atoms with Crippen LogP contribution in [-0.4, -0.2) is 0 Å². The number of hydrogen-bond acceptors (Lipinski definition) is 0. The van der Waals surface area contributed by atoms with E-state index in [0.29, 0.717) is 0 Å². The van der Waals surface area contributed by atoms with Gasteiger partial charge in [-0.1, -0.05) is 69.8 Å². The van der Waals surface area contributed by atoms with Gasteiger partial charge in [0.25, 0.3) is 0 Å². The molecule has 0 bridgehead atoms. The van der Waals surface area contributed by atoms with Gasteiger partial charge in [-0.05, 0) is 32.6 Å². The van der Waals surface area contributed by atoms with Gasteiger partial charge in [0.15, 0.2) is 0 Å². The molecule has 0 aliphatic heterocycles. The summed E-state index contributed by atoms with van der Waals surface area (Å²) < 4.78 is 0. The van der Waals surface area contributed by atoms with Crippen LogP contribution in [0.4, 0.5) is 0 Å². The van der Waals surface area contributed by atoms with Gasteiger partial charge in [0, 0.05) is 0 Å². The largest absolute Gasteiger partial charge is 0.0956 e. The second-order valence-corrected chi connectivity index (χ2v) is 4.80. The van der Waals surface area contributed by atoms with Crippen molar-refractivity contribution >= 4 is 0 Å². The van der Waals surface area contributed by atoms with Crippen LogP contribution in [0, 0.1) is 0 Å². The molecule has 0 radical (unpaired) electrons. The Labute approximate surface area is 103 Å². The summed E-state index contributed by atoms with van der Waals surface area (Å²) >= 11 is 0. The van der Waals surface area contributed by atoms with Crippen LogP contribution >= 0.6 is 0 Å². The topological polar surface area (TPSA) is 0 Å². The highest BCUT2D eigenvalue weighted by molar-refractivity contribution is 5.25. The van der Waals surface area contributed by atoms with E-state index < -0.39 is 0 Å². The van der Waals surface area contributed by atoms with Crippen LogP contribution in [0.3, 0.4) is 0 Å². The molecule has 0 aliphatic rings. The lowest BCUT2D eigenvalue weighted by atomic mass is 10.0. The summed E-state index contributed by atoms with van der Waals surface area (Å²) in [5.41, 5.74) is 2.76. The SMILES string of the molecule is C=C(CCCC)/C(C)=C/CCCCCCC. The van der Waals surface area contributed by atoms with Gasteiger partial charge in [-0.2, -0.15) is 0 Å². The maximum absolute atomic E-state index is 4.15. The van der Waals surface area contributed by atoms with Crippen LogP contribution in [0.2, 0.25) is 0 Å². The lowest BCUT2D eigenvalue weighted by Gasteiger charge is -2.05. The van der Waals surface area contributed by atoms with Crippen molar-refractivity contribution in [2.45, 2.75) is 78.6 Å². The van der Waals surface area contributed by atoms with Gasteiger partial charge in [0.05, 0.1) is 0 Å². The van der Waals surface area contributed by atoms with Crippen LogP contribution in [0.1, 0.15) is 78.6 Å². The fraction of sp³-hybridized carbons (Fsp3) is 0.750. The molecular formula is C16H30. The maximum Gasteiger partial charge on any atom is -0.0282 e. The first-order chi connectivity index (χ1) is 7.72. The van der Waals surface area contributed by atoms with Gasteiger partial charge in [0.2, 0.25) is 0 Å². The predicted molar refractivity (Wildman–Crippen MR) is 75.8 cm³/mol. The minimum atomic E-state index is 1.18. The Kier molecular flexibility index (Phi) is 10.6. The molecule has 0 aromatic carbocycles. The van der Waals surface area contributed by atoms with E-state index in [9.17, 15) is 0 Å². The Morgan fingerprint density at radius 2 is 1.56 bits per heavy atom. The molecule has 0 aromatic rings. The zero-order chi connectivity index (χ0) is 12.2. The van der Waals surface area contributed by atoms with Crippen LogP contribution < -0.4 is 0 Å². The lowest BCUT2D eigenvalue weighted by Crippen LogP contribution is -1.85. The average Bonchev–Trinajstić information content (AvgIpc) is 2.30. The molecule has 0 fully saturated rings. The molecule has 0 saturated heterocycles. The minimum absolute atomic E-state index is 1.18. The quantitative estimate of drug-likeness (QED) is 0.312. The van der Waals surface area contributed by atoms with E-state index in [4.69, 9.17) is 0 Å². The van der Waals surface area contributed by atoms with Crippen molar-refractivity contribution in [1.82, 2.24) is 0 Å². The van der Waals surface area contributed by atoms with Crippen LogP contribution in [0.25, 0.3) is 0 Å². The lowest BCUT2D eigenvalue weighted by molar-refractivity contribution is 0.636. The molecule has 0 heterocycles. The molecule has 0 saturated carbocycles. The molecular weight excluding hydrogens is 192 g/mol. The smallest absolute Gasteiger partial charge is 0.0282 e. The number of allylic oxidation sites excluding steroid dienone is 3. The van der Waals surface area contributed by atoms with Gasteiger partial charge in [-0.15, -0.1) is 0 Å². The Hall–Kier alpha value is -0.520. The first kappa shape index (κ1) is 15.5. The number of hydrogen-bond donors (Lipinski definition) is 0. The summed E-state index contributed by atoms with van der Waals surface area (Å²) in [6.45, 7) is 10.9. The summed E-state index contributed by atoms with van der Waals surface area (Å²) in [4.78, 5) is 0. The average molecular weight is 222 g/mol. The summed E-state index contributed by atoms with van der Waals surface area (Å²) in [6, 6.07) is 0. The highest BCUT2D eigenvalue weighted by Gasteiger charge is 1.96. The first-order valence-electron chi connectivity index (χ1n) is 7.07. The maximum atomic E-state index is 4.15. The van der Waals surface area contributed by atoms with Crippen molar-refractivity contribution in [1.29, 1.82) is 0 Å². The Morgan fingerprint density at radius 1 is 0.938 bits per heavy atom. The third kappa shape index (κ3) is 8.76. The van der Waals surface area contributed by atoms with Crippen molar-refractivity contribution in [3.05, 3.63) is 23.8 Å². The molecule has 0 rings (SSSR count). The molecule has 0 spiro atoms. The van der Waals surface area contributed by atoms with E-state index >= 15 is 0 Å². The summed E-state index contributed by atoms with van der Waals surface area (Å²) in [5, 5.41) is 0. The van der Waals surface area contributed by atoms with E-state index in [-0.39, 0.29) is 0 Å². The molecule has 0 aromatic heterocycles. The van der Waals surface area contributed by atoms with Gasteiger partial charge in [-0.25, -0.2) is 0 Å². The Bertz CT molecular complexity index is 198. The predicted octanol–water partition coefficient (Wildman–Crippen LogP) is 6.04. The summed E-state index contributed by atoms with van der Waals surface area (Å²) in [6.07, 6.45) is 14.2. The zero-order valence-corrected chi connectivity index (χ0v) is 11.6. The molecule has 0 unspecified atom stereocenters. The minimum Gasteiger partial charge on any atom is -0.0956 e. The molecule has 94 valence electrons. The molecule has 0 nitrogen and oxygen atoms in total. The molecule has 0 N–H and O–H groups in total. The van der Waals surface area contributed by atoms with E-state index in [1.165, 1.54) is 68.9 Å². The van der Waals surface area contributed by atoms with Crippen molar-refractivity contribution in [3.63, 3.8) is 0 Å². The highest BCUT2D eigenvalue weighted by Crippen LogP contribution is 2.16. The van der Waals surface area contributed by atoms with Crippen molar-refractivity contribution in [2.24, 2.45) is 0 Å². The molecule has 16 heavy (non-hydrogen) atoms. The Balaban J connectivity index is 3.57. The van der Waals surface area contributed by atoms with Crippen molar-refractivity contribution in [3.8, 4) is 0 Å². The van der Waals surface area contributed by atoms with Gasteiger partial charge >= 0.3 is 0 Å². The van der Waals surface area contributed by atoms with E-state index in [2.05, 4.69) is 33.4 Å². The van der Waals surface area contributed by atoms with Crippen LogP contribution in [0.5, 0.6) is 0 Å². The van der Waals surface area contributed by atoms with Gasteiger partial charge in [-0.3, -0.25) is 0 Å². The third-order valence-corrected chi connectivity index (χ3v) is 3.15. The number of rotatable bonds is 10. The third-order valence-electron chi connectivity index (χ3n) is 3.15. The number of unbranched alkanes of at least 4 members (excludes halogenated alkanes) is 6. The Morgan fingerprint density at radius 3 is 2.19 bits per heavy atom. The molecule has 0 amide bonds. The van der Waals surface area contributed by atoms with Crippen LogP contribution in [0.15, 0.2) is 23.8 Å². The standard InChI is InChI=1S/C16H30/c1-5-7-9-10-11-12-14-16(4)15(3)13-8-6-2/h14H,3,5-13H2,1-2,4H3/b16-14+. The van der Waals surface area contributed by atoms with Crippen LogP contribution in [-0.2, 0) is 0 Å². The van der Waals surface area contributed by atoms with Gasteiger partial charge in [0.1, 0.15) is 0 Å².